The van der Waals surface area contributed by atoms with E-state index in [2.05, 4.69) is 43.9 Å². The highest BCUT2D eigenvalue weighted by molar-refractivity contribution is 6.04. The van der Waals surface area contributed by atoms with Crippen LogP contribution in [-0.2, 0) is 41.7 Å². The fourth-order valence-electron chi connectivity index (χ4n) is 3.45. The van der Waals surface area contributed by atoms with Crippen molar-refractivity contribution in [3.63, 3.8) is 0 Å². The maximum Gasteiger partial charge on any atom is 0.338 e. The van der Waals surface area contributed by atoms with Crippen molar-refractivity contribution >= 4 is 23.9 Å². The summed E-state index contributed by atoms with van der Waals surface area (Å²) in [5, 5.41) is 31.0. The Bertz CT molecular complexity index is 995. The Morgan fingerprint density at radius 3 is 1.46 bits per heavy atom. The standard InChI is InChI=1S/2C10H19N3.C6H8O4.C4H2O3.C2H6O/c2*1-2-3-4-5-6-7-9-13-10-8-11-12-13;1-2-10-6(9)4-3-5(7)8;5-3-1-2-4(6)7-3;1-2-3/h2*8,10H,2-7,9H2,1H3;3-4H,2H2,1H3,(H,7,8);1-2H;3H,2H2,1H3/b;;4-3-;;. The molecule has 3 rings (SSSR count). The number of ether oxygens (including phenoxy) is 2. The van der Waals surface area contributed by atoms with Gasteiger partial charge in [-0.2, -0.15) is 0 Å². The summed E-state index contributed by atoms with van der Waals surface area (Å²) in [5.41, 5.74) is 0. The summed E-state index contributed by atoms with van der Waals surface area (Å²) in [6, 6.07) is 0. The Morgan fingerprint density at radius 2 is 1.15 bits per heavy atom. The zero-order valence-electron chi connectivity index (χ0n) is 28.0. The number of unbranched alkanes of at least 4 members (excludes halogenated alkanes) is 10. The van der Waals surface area contributed by atoms with Gasteiger partial charge in [0, 0.05) is 56.4 Å². The number of aromatic nitrogens is 6. The molecule has 3 heterocycles. The number of rotatable bonds is 17. The normalized spacial score (nSPS) is 11.2. The number of hydrogen-bond acceptors (Lipinski definition) is 11. The molecule has 0 amide bonds. The topological polar surface area (TPSA) is 189 Å². The molecule has 14 nitrogen and oxygen atoms in total. The fraction of sp³-hybridized carbons (Fsp3) is 0.625. The second-order valence-corrected chi connectivity index (χ2v) is 9.68. The lowest BCUT2D eigenvalue weighted by Crippen LogP contribution is -2.00. The lowest BCUT2D eigenvalue weighted by atomic mass is 10.1. The number of carboxylic acids is 1. The number of nitrogens with zero attached hydrogens (tertiary/aromatic N) is 6. The van der Waals surface area contributed by atoms with E-state index in [1.807, 2.05) is 21.8 Å². The lowest BCUT2D eigenvalue weighted by Gasteiger charge is -2.00. The summed E-state index contributed by atoms with van der Waals surface area (Å²) in [7, 11) is 0. The molecule has 0 atom stereocenters. The van der Waals surface area contributed by atoms with Gasteiger partial charge in [-0.1, -0.05) is 88.5 Å². The number of aliphatic carboxylic acids is 1. The molecule has 14 heteroatoms. The van der Waals surface area contributed by atoms with Crippen LogP contribution in [0, 0.1) is 0 Å². The number of cyclic esters (lactones) is 2. The van der Waals surface area contributed by atoms with Gasteiger partial charge in [0.05, 0.1) is 19.0 Å². The number of carbonyl (C=O) groups is 4. The Kier molecular flexibility index (Phi) is 32.2. The van der Waals surface area contributed by atoms with E-state index in [0.717, 1.165) is 37.4 Å². The van der Waals surface area contributed by atoms with Crippen LogP contribution in [0.4, 0.5) is 0 Å². The third kappa shape index (κ3) is 32.7. The summed E-state index contributed by atoms with van der Waals surface area (Å²) in [6.07, 6.45) is 27.1. The van der Waals surface area contributed by atoms with E-state index in [1.54, 1.807) is 26.2 Å². The van der Waals surface area contributed by atoms with Gasteiger partial charge in [-0.25, -0.2) is 19.2 Å². The summed E-state index contributed by atoms with van der Waals surface area (Å²) in [5.74, 6) is -2.95. The molecule has 0 saturated carbocycles. The minimum atomic E-state index is -1.16. The molecular formula is C32H54N6O8. The second kappa shape index (κ2) is 33.7. The van der Waals surface area contributed by atoms with Crippen molar-refractivity contribution in [2.45, 2.75) is 118 Å². The molecule has 0 fully saturated rings. The van der Waals surface area contributed by atoms with Gasteiger partial charge in [-0.3, -0.25) is 9.36 Å². The van der Waals surface area contributed by atoms with E-state index in [9.17, 15) is 19.2 Å². The minimum Gasteiger partial charge on any atom is -0.478 e. The summed E-state index contributed by atoms with van der Waals surface area (Å²) >= 11 is 0. The first-order valence-corrected chi connectivity index (χ1v) is 16.0. The highest BCUT2D eigenvalue weighted by atomic mass is 16.6. The molecule has 0 radical (unpaired) electrons. The highest BCUT2D eigenvalue weighted by Gasteiger charge is 2.10. The van der Waals surface area contributed by atoms with Crippen molar-refractivity contribution in [3.8, 4) is 0 Å². The maximum atomic E-state index is 10.4. The van der Waals surface area contributed by atoms with Crippen molar-refractivity contribution < 1.29 is 38.9 Å². The lowest BCUT2D eigenvalue weighted by molar-refractivity contribution is -0.150. The van der Waals surface area contributed by atoms with Gasteiger partial charge in [0.15, 0.2) is 0 Å². The number of carboxylic acid groups (broad SMARTS) is 1. The summed E-state index contributed by atoms with van der Waals surface area (Å²) < 4.78 is 12.2. The van der Waals surface area contributed by atoms with Crippen LogP contribution >= 0.6 is 0 Å². The molecule has 260 valence electrons. The predicted molar refractivity (Wildman–Crippen MR) is 173 cm³/mol. The fourth-order valence-corrected chi connectivity index (χ4v) is 3.45. The van der Waals surface area contributed by atoms with Crippen LogP contribution < -0.4 is 0 Å². The number of hydrogen-bond donors (Lipinski definition) is 2. The van der Waals surface area contributed by atoms with Crippen LogP contribution in [0.3, 0.4) is 0 Å². The quantitative estimate of drug-likeness (QED) is 0.1000. The smallest absolute Gasteiger partial charge is 0.338 e. The minimum absolute atomic E-state index is 0.250. The van der Waals surface area contributed by atoms with Gasteiger partial charge < -0.3 is 19.7 Å². The van der Waals surface area contributed by atoms with Gasteiger partial charge in [0.2, 0.25) is 0 Å². The van der Waals surface area contributed by atoms with E-state index >= 15 is 0 Å². The zero-order chi connectivity index (χ0) is 34.7. The van der Waals surface area contributed by atoms with Crippen molar-refractivity contribution in [2.24, 2.45) is 0 Å². The van der Waals surface area contributed by atoms with Crippen LogP contribution in [0.1, 0.15) is 105 Å². The Labute approximate surface area is 272 Å². The van der Waals surface area contributed by atoms with Crippen molar-refractivity contribution in [1.82, 2.24) is 30.0 Å². The molecule has 46 heavy (non-hydrogen) atoms. The average Bonchev–Trinajstić information content (AvgIpc) is 3.82. The number of carbonyl (C=O) groups excluding carboxylic acids is 3. The molecule has 0 bridgehead atoms. The second-order valence-electron chi connectivity index (χ2n) is 9.68. The monoisotopic (exact) mass is 650 g/mol. The van der Waals surface area contributed by atoms with Crippen LogP contribution in [0.25, 0.3) is 0 Å². The zero-order valence-corrected chi connectivity index (χ0v) is 28.0. The molecule has 2 aromatic heterocycles. The van der Waals surface area contributed by atoms with Crippen molar-refractivity contribution in [2.75, 3.05) is 13.2 Å². The van der Waals surface area contributed by atoms with Gasteiger partial charge in [0.1, 0.15) is 0 Å². The van der Waals surface area contributed by atoms with E-state index in [0.29, 0.717) is 0 Å². The van der Waals surface area contributed by atoms with E-state index < -0.39 is 23.9 Å². The third-order valence-electron chi connectivity index (χ3n) is 5.63. The third-order valence-corrected chi connectivity index (χ3v) is 5.63. The summed E-state index contributed by atoms with van der Waals surface area (Å²) in [4.78, 5) is 40.0. The maximum absolute atomic E-state index is 10.4. The number of aryl methyl sites for hydroxylation is 2. The first-order chi connectivity index (χ1) is 22.2. The molecular weight excluding hydrogens is 596 g/mol. The molecule has 0 aromatic carbocycles. The van der Waals surface area contributed by atoms with Crippen molar-refractivity contribution in [3.05, 3.63) is 49.1 Å². The molecule has 0 saturated heterocycles. The van der Waals surface area contributed by atoms with Gasteiger partial charge in [-0.05, 0) is 26.7 Å². The van der Waals surface area contributed by atoms with Crippen LogP contribution in [0.5, 0.6) is 0 Å². The largest absolute Gasteiger partial charge is 0.478 e. The van der Waals surface area contributed by atoms with Gasteiger partial charge in [0.25, 0.3) is 0 Å². The molecule has 2 aromatic rings. The first-order valence-electron chi connectivity index (χ1n) is 16.0. The van der Waals surface area contributed by atoms with Gasteiger partial charge in [-0.15, -0.1) is 10.2 Å². The molecule has 0 unspecified atom stereocenters. The van der Waals surface area contributed by atoms with E-state index in [-0.39, 0.29) is 13.2 Å². The first kappa shape index (κ1) is 43.9. The van der Waals surface area contributed by atoms with E-state index in [1.165, 1.54) is 77.0 Å². The number of aliphatic hydroxyl groups is 1. The van der Waals surface area contributed by atoms with Crippen LogP contribution in [0.15, 0.2) is 49.1 Å². The Balaban J connectivity index is 0. The molecule has 1 aliphatic heterocycles. The average molecular weight is 651 g/mol. The van der Waals surface area contributed by atoms with Crippen molar-refractivity contribution in [1.29, 1.82) is 0 Å². The van der Waals surface area contributed by atoms with Gasteiger partial charge >= 0.3 is 23.9 Å². The molecule has 0 spiro atoms. The molecule has 1 aliphatic rings. The molecule has 0 aliphatic carbocycles. The predicted octanol–water partition coefficient (Wildman–Crippen LogP) is 5.09. The summed E-state index contributed by atoms with van der Waals surface area (Å²) in [6.45, 7) is 10.4. The number of aliphatic hydroxyl groups excluding tert-OH is 1. The number of esters is 3. The SMILES string of the molecule is CCCCCCCCn1ccnn1.CCCCCCCCn1ccnn1.CCO.CCOC(=O)/C=C\C(=O)O.O=C1C=CC(=O)O1. The van der Waals surface area contributed by atoms with Crippen LogP contribution in [0.2, 0.25) is 0 Å². The van der Waals surface area contributed by atoms with E-state index in [4.69, 9.17) is 10.2 Å². The highest BCUT2D eigenvalue weighted by Crippen LogP contribution is 2.06. The molecule has 2 N–H and O–H groups in total. The Hall–Kier alpha value is -4.20. The Morgan fingerprint density at radius 1 is 0.739 bits per heavy atom. The van der Waals surface area contributed by atoms with Crippen LogP contribution in [-0.4, -0.2) is 77.3 Å².